The van der Waals surface area contributed by atoms with Crippen LogP contribution in [0.5, 0.6) is 5.75 Å². The maximum atomic E-state index is 12.0. The van der Waals surface area contributed by atoms with E-state index < -0.39 is 0 Å². The van der Waals surface area contributed by atoms with E-state index in [-0.39, 0.29) is 11.8 Å². The summed E-state index contributed by atoms with van der Waals surface area (Å²) in [5.41, 5.74) is 7.37. The van der Waals surface area contributed by atoms with Gasteiger partial charge in [-0.3, -0.25) is 4.79 Å². The van der Waals surface area contributed by atoms with Gasteiger partial charge in [-0.2, -0.15) is 0 Å². The number of amides is 1. The molecule has 1 aromatic rings. The maximum absolute atomic E-state index is 12.0. The van der Waals surface area contributed by atoms with E-state index in [0.29, 0.717) is 24.6 Å². The van der Waals surface area contributed by atoms with Crippen molar-refractivity contribution in [3.05, 3.63) is 23.8 Å². The molecule has 0 spiro atoms. The predicted molar refractivity (Wildman–Crippen MR) is 73.8 cm³/mol. The zero-order valence-electron chi connectivity index (χ0n) is 11.3. The van der Waals surface area contributed by atoms with Crippen LogP contribution in [-0.4, -0.2) is 19.1 Å². The number of anilines is 1. The molecular formula is C14H22N2O2. The van der Waals surface area contributed by atoms with Crippen molar-refractivity contribution < 1.29 is 9.53 Å². The number of hydrogen-bond acceptors (Lipinski definition) is 3. The van der Waals surface area contributed by atoms with Gasteiger partial charge in [0.05, 0.1) is 18.2 Å². The van der Waals surface area contributed by atoms with E-state index in [9.17, 15) is 4.79 Å². The van der Waals surface area contributed by atoms with E-state index in [1.165, 1.54) is 0 Å². The third-order valence-electron chi connectivity index (χ3n) is 2.84. The zero-order valence-corrected chi connectivity index (χ0v) is 11.3. The molecule has 18 heavy (non-hydrogen) atoms. The summed E-state index contributed by atoms with van der Waals surface area (Å²) in [4.78, 5) is 12.0. The quantitative estimate of drug-likeness (QED) is 0.814. The van der Waals surface area contributed by atoms with E-state index in [0.717, 1.165) is 12.0 Å². The molecule has 0 aliphatic carbocycles. The molecule has 0 saturated heterocycles. The molecule has 0 saturated carbocycles. The monoisotopic (exact) mass is 250 g/mol. The van der Waals surface area contributed by atoms with Gasteiger partial charge in [0.25, 0.3) is 0 Å². The number of rotatable bonds is 6. The van der Waals surface area contributed by atoms with Crippen molar-refractivity contribution >= 4 is 11.6 Å². The first-order chi connectivity index (χ1) is 8.62. The summed E-state index contributed by atoms with van der Waals surface area (Å²) in [7, 11) is 0. The second-order valence-electron chi connectivity index (χ2n) is 4.26. The van der Waals surface area contributed by atoms with Crippen molar-refractivity contribution in [3.8, 4) is 5.75 Å². The highest BCUT2D eigenvalue weighted by molar-refractivity contribution is 5.94. The number of nitrogens with two attached hydrogens (primary N) is 1. The van der Waals surface area contributed by atoms with Crippen molar-refractivity contribution in [2.75, 3.05) is 18.5 Å². The van der Waals surface area contributed by atoms with Crippen LogP contribution in [0.1, 0.15) is 25.8 Å². The van der Waals surface area contributed by atoms with Crippen molar-refractivity contribution in [2.24, 2.45) is 11.7 Å². The van der Waals surface area contributed by atoms with E-state index in [4.69, 9.17) is 10.5 Å². The Morgan fingerprint density at radius 2 is 2.17 bits per heavy atom. The second-order valence-corrected chi connectivity index (χ2v) is 4.26. The van der Waals surface area contributed by atoms with Crippen LogP contribution in [0.2, 0.25) is 0 Å². The third kappa shape index (κ3) is 3.74. The Morgan fingerprint density at radius 1 is 1.44 bits per heavy atom. The number of ether oxygens (including phenoxy) is 1. The minimum Gasteiger partial charge on any atom is -0.492 e. The fraction of sp³-hybridized carbons (Fsp3) is 0.500. The molecule has 1 atom stereocenters. The predicted octanol–water partition coefficient (Wildman–Crippen LogP) is 2.32. The van der Waals surface area contributed by atoms with Gasteiger partial charge in [-0.25, -0.2) is 0 Å². The topological polar surface area (TPSA) is 64.3 Å². The van der Waals surface area contributed by atoms with E-state index in [2.05, 4.69) is 5.32 Å². The lowest BCUT2D eigenvalue weighted by Crippen LogP contribution is -2.28. The third-order valence-corrected chi connectivity index (χ3v) is 2.84. The number of nitrogens with one attached hydrogen (secondary N) is 1. The van der Waals surface area contributed by atoms with Gasteiger partial charge in [-0.1, -0.05) is 13.0 Å². The fourth-order valence-corrected chi connectivity index (χ4v) is 1.70. The van der Waals surface area contributed by atoms with Crippen LogP contribution >= 0.6 is 0 Å². The van der Waals surface area contributed by atoms with E-state index in [1.807, 2.05) is 39.0 Å². The molecule has 0 fully saturated rings. The van der Waals surface area contributed by atoms with Crippen LogP contribution in [-0.2, 0) is 4.79 Å². The molecule has 4 heteroatoms. The van der Waals surface area contributed by atoms with Crippen molar-refractivity contribution in [1.82, 2.24) is 0 Å². The standard InChI is InChI=1S/C14H22N2O2/c1-4-11(9-15)14(17)16-12-7-6-10(3)8-13(12)18-5-2/h6-8,11H,4-5,9,15H2,1-3H3,(H,16,17). The molecule has 1 amide bonds. The molecule has 0 radical (unpaired) electrons. The second kappa shape index (κ2) is 7.01. The molecule has 0 aliphatic rings. The van der Waals surface area contributed by atoms with Crippen molar-refractivity contribution in [3.63, 3.8) is 0 Å². The van der Waals surface area contributed by atoms with Gasteiger partial charge >= 0.3 is 0 Å². The summed E-state index contributed by atoms with van der Waals surface area (Å²) in [6, 6.07) is 5.73. The lowest BCUT2D eigenvalue weighted by Gasteiger charge is -2.16. The number of hydrogen-bond donors (Lipinski definition) is 2. The number of benzene rings is 1. The summed E-state index contributed by atoms with van der Waals surface area (Å²) < 4.78 is 5.52. The smallest absolute Gasteiger partial charge is 0.228 e. The molecule has 100 valence electrons. The van der Waals surface area contributed by atoms with Crippen LogP contribution in [0, 0.1) is 12.8 Å². The molecule has 1 aromatic carbocycles. The Balaban J connectivity index is 2.86. The SMILES string of the molecule is CCOc1cc(C)ccc1NC(=O)C(CC)CN. The van der Waals surface area contributed by atoms with Crippen molar-refractivity contribution in [2.45, 2.75) is 27.2 Å². The van der Waals surface area contributed by atoms with E-state index in [1.54, 1.807) is 0 Å². The number of aryl methyl sites for hydroxylation is 1. The number of carbonyl (C=O) groups excluding carboxylic acids is 1. The Labute approximate surface area is 109 Å². The largest absolute Gasteiger partial charge is 0.492 e. The van der Waals surface area contributed by atoms with Gasteiger partial charge in [0, 0.05) is 6.54 Å². The fourth-order valence-electron chi connectivity index (χ4n) is 1.70. The summed E-state index contributed by atoms with van der Waals surface area (Å²) in [5, 5.41) is 2.88. The highest BCUT2D eigenvalue weighted by Crippen LogP contribution is 2.26. The van der Waals surface area contributed by atoms with Crippen LogP contribution in [0.3, 0.4) is 0 Å². The van der Waals surface area contributed by atoms with Crippen LogP contribution < -0.4 is 15.8 Å². The lowest BCUT2D eigenvalue weighted by molar-refractivity contribution is -0.119. The minimum absolute atomic E-state index is 0.0511. The molecule has 0 heterocycles. The molecule has 0 aliphatic heterocycles. The Bertz CT molecular complexity index is 401. The average molecular weight is 250 g/mol. The highest BCUT2D eigenvalue weighted by Gasteiger charge is 2.16. The zero-order chi connectivity index (χ0) is 13.5. The first-order valence-corrected chi connectivity index (χ1v) is 6.36. The normalized spacial score (nSPS) is 12.0. The summed E-state index contributed by atoms with van der Waals surface area (Å²) >= 11 is 0. The van der Waals surface area contributed by atoms with Crippen LogP contribution in [0.4, 0.5) is 5.69 Å². The lowest BCUT2D eigenvalue weighted by atomic mass is 10.1. The number of carbonyl (C=O) groups is 1. The molecule has 0 aromatic heterocycles. The van der Waals surface area contributed by atoms with Gasteiger partial charge in [-0.15, -0.1) is 0 Å². The first kappa shape index (κ1) is 14.5. The molecule has 0 bridgehead atoms. The van der Waals surface area contributed by atoms with Gasteiger partial charge in [-0.05, 0) is 38.0 Å². The Morgan fingerprint density at radius 3 is 2.72 bits per heavy atom. The molecule has 4 nitrogen and oxygen atoms in total. The summed E-state index contributed by atoms with van der Waals surface area (Å²) in [6.45, 7) is 6.79. The van der Waals surface area contributed by atoms with Gasteiger partial charge < -0.3 is 15.8 Å². The minimum atomic E-state index is -0.152. The van der Waals surface area contributed by atoms with Crippen LogP contribution in [0.15, 0.2) is 18.2 Å². The Kier molecular flexibility index (Phi) is 5.65. The summed E-state index contributed by atoms with van der Waals surface area (Å²) in [5.74, 6) is 0.503. The summed E-state index contributed by atoms with van der Waals surface area (Å²) in [6.07, 6.45) is 0.734. The Hall–Kier alpha value is -1.55. The van der Waals surface area contributed by atoms with E-state index >= 15 is 0 Å². The average Bonchev–Trinajstić information content (AvgIpc) is 2.34. The van der Waals surface area contributed by atoms with Crippen LogP contribution in [0.25, 0.3) is 0 Å². The highest BCUT2D eigenvalue weighted by atomic mass is 16.5. The first-order valence-electron chi connectivity index (χ1n) is 6.36. The molecule has 1 rings (SSSR count). The molecular weight excluding hydrogens is 228 g/mol. The van der Waals surface area contributed by atoms with Gasteiger partial charge in [0.2, 0.25) is 5.91 Å². The van der Waals surface area contributed by atoms with Gasteiger partial charge in [0.15, 0.2) is 0 Å². The molecule has 1 unspecified atom stereocenters. The van der Waals surface area contributed by atoms with Crippen molar-refractivity contribution in [1.29, 1.82) is 0 Å². The van der Waals surface area contributed by atoms with Gasteiger partial charge in [0.1, 0.15) is 5.75 Å². The molecule has 3 N–H and O–H groups in total. The maximum Gasteiger partial charge on any atom is 0.228 e.